The van der Waals surface area contributed by atoms with E-state index in [4.69, 9.17) is 5.73 Å². The van der Waals surface area contributed by atoms with E-state index in [-0.39, 0.29) is 0 Å². The molecule has 0 spiro atoms. The first-order chi connectivity index (χ1) is 5.63. The fourth-order valence-corrected chi connectivity index (χ4v) is 0.979. The van der Waals surface area contributed by atoms with E-state index in [0.717, 1.165) is 17.9 Å². The molecule has 66 valence electrons. The Morgan fingerprint density at radius 2 is 2.08 bits per heavy atom. The van der Waals surface area contributed by atoms with Gasteiger partial charge in [0.2, 0.25) is 0 Å². The van der Waals surface area contributed by atoms with Crippen LogP contribution in [0.4, 0.5) is 5.82 Å². The summed E-state index contributed by atoms with van der Waals surface area (Å²) < 4.78 is 0. The van der Waals surface area contributed by atoms with Gasteiger partial charge in [-0.15, -0.1) is 0 Å². The third-order valence-electron chi connectivity index (χ3n) is 1.69. The van der Waals surface area contributed by atoms with Crippen molar-refractivity contribution in [1.29, 1.82) is 0 Å². The first kappa shape index (κ1) is 8.97. The Morgan fingerprint density at radius 3 is 2.58 bits per heavy atom. The largest absolute Gasteiger partial charge is 0.384 e. The first-order valence-corrected chi connectivity index (χ1v) is 4.26. The normalized spacial score (nSPS) is 10.7. The minimum Gasteiger partial charge on any atom is -0.384 e. The second-order valence-electron chi connectivity index (χ2n) is 3.15. The molecule has 0 bridgehead atoms. The summed E-state index contributed by atoms with van der Waals surface area (Å²) in [5.74, 6) is 1.76. The number of hydrogen-bond donors (Lipinski definition) is 1. The minimum absolute atomic E-state index is 0.346. The minimum atomic E-state index is 0.346. The second kappa shape index (κ2) is 3.52. The molecule has 1 aromatic rings. The molecule has 0 aliphatic rings. The number of nitrogen functional groups attached to an aromatic ring is 1. The van der Waals surface area contributed by atoms with E-state index in [1.807, 2.05) is 6.07 Å². The second-order valence-corrected chi connectivity index (χ2v) is 3.15. The number of hydrogen-bond acceptors (Lipinski definition) is 3. The molecule has 0 atom stereocenters. The molecule has 1 heterocycles. The van der Waals surface area contributed by atoms with Crippen LogP contribution in [0.1, 0.15) is 38.2 Å². The number of aromatic nitrogens is 2. The van der Waals surface area contributed by atoms with Gasteiger partial charge in [-0.05, 0) is 6.42 Å². The number of rotatable bonds is 2. The van der Waals surface area contributed by atoms with Crippen LogP contribution in [0.3, 0.4) is 0 Å². The van der Waals surface area contributed by atoms with E-state index in [9.17, 15) is 0 Å². The van der Waals surface area contributed by atoms with Crippen molar-refractivity contribution in [2.24, 2.45) is 0 Å². The Morgan fingerprint density at radius 1 is 1.42 bits per heavy atom. The molecule has 0 aliphatic carbocycles. The van der Waals surface area contributed by atoms with Crippen molar-refractivity contribution in [2.45, 2.75) is 33.1 Å². The summed E-state index contributed by atoms with van der Waals surface area (Å²) in [6, 6.07) is 1.83. The summed E-state index contributed by atoms with van der Waals surface area (Å²) in [5, 5.41) is 0. The standard InChI is InChI=1S/C9H15N3/c1-4-7-5-8(10)12-9(11-7)6(2)3/h5-6H,4H2,1-3H3,(H2,10,11,12). The van der Waals surface area contributed by atoms with Gasteiger partial charge in [-0.25, -0.2) is 9.97 Å². The van der Waals surface area contributed by atoms with E-state index >= 15 is 0 Å². The molecule has 0 saturated heterocycles. The molecule has 0 fully saturated rings. The number of aryl methyl sites for hydroxylation is 1. The summed E-state index contributed by atoms with van der Waals surface area (Å²) in [5.41, 5.74) is 6.64. The zero-order valence-corrected chi connectivity index (χ0v) is 7.83. The van der Waals surface area contributed by atoms with Gasteiger partial charge in [0.25, 0.3) is 0 Å². The number of nitrogens with zero attached hydrogens (tertiary/aromatic N) is 2. The van der Waals surface area contributed by atoms with Crippen LogP contribution in [-0.2, 0) is 6.42 Å². The van der Waals surface area contributed by atoms with Crippen LogP contribution < -0.4 is 5.73 Å². The maximum absolute atomic E-state index is 5.62. The molecule has 0 saturated carbocycles. The number of nitrogens with two attached hydrogens (primary N) is 1. The fraction of sp³-hybridized carbons (Fsp3) is 0.556. The van der Waals surface area contributed by atoms with E-state index < -0.39 is 0 Å². The number of anilines is 1. The average Bonchev–Trinajstić information content (AvgIpc) is 2.03. The third-order valence-corrected chi connectivity index (χ3v) is 1.69. The van der Waals surface area contributed by atoms with Gasteiger partial charge in [-0.3, -0.25) is 0 Å². The van der Waals surface area contributed by atoms with Gasteiger partial charge in [-0.1, -0.05) is 20.8 Å². The van der Waals surface area contributed by atoms with Crippen molar-refractivity contribution < 1.29 is 0 Å². The van der Waals surface area contributed by atoms with Crippen molar-refractivity contribution in [3.8, 4) is 0 Å². The Hall–Kier alpha value is -1.12. The molecule has 3 heteroatoms. The average molecular weight is 165 g/mol. The molecule has 1 aromatic heterocycles. The van der Waals surface area contributed by atoms with E-state index in [0.29, 0.717) is 11.7 Å². The lowest BCUT2D eigenvalue weighted by Crippen LogP contribution is -2.04. The molecule has 0 aliphatic heterocycles. The van der Waals surface area contributed by atoms with Gasteiger partial charge < -0.3 is 5.73 Å². The molecule has 1 rings (SSSR count). The molecular weight excluding hydrogens is 150 g/mol. The van der Waals surface area contributed by atoms with Crippen LogP contribution in [0.15, 0.2) is 6.07 Å². The molecular formula is C9H15N3. The van der Waals surface area contributed by atoms with Crippen LogP contribution in [0.25, 0.3) is 0 Å². The van der Waals surface area contributed by atoms with Gasteiger partial charge in [-0.2, -0.15) is 0 Å². The highest BCUT2D eigenvalue weighted by Crippen LogP contribution is 2.11. The molecule has 0 radical (unpaired) electrons. The highest BCUT2D eigenvalue weighted by molar-refractivity contribution is 5.30. The smallest absolute Gasteiger partial charge is 0.133 e. The summed E-state index contributed by atoms with van der Waals surface area (Å²) in [4.78, 5) is 8.51. The molecule has 12 heavy (non-hydrogen) atoms. The summed E-state index contributed by atoms with van der Waals surface area (Å²) in [7, 11) is 0. The summed E-state index contributed by atoms with van der Waals surface area (Å²) in [6.07, 6.45) is 0.909. The molecule has 2 N–H and O–H groups in total. The van der Waals surface area contributed by atoms with E-state index in [1.165, 1.54) is 0 Å². The Labute approximate surface area is 73.0 Å². The van der Waals surface area contributed by atoms with Gasteiger partial charge in [0, 0.05) is 17.7 Å². The highest BCUT2D eigenvalue weighted by atomic mass is 14.9. The van der Waals surface area contributed by atoms with Crippen LogP contribution in [0.2, 0.25) is 0 Å². The van der Waals surface area contributed by atoms with Crippen molar-refractivity contribution in [3.63, 3.8) is 0 Å². The monoisotopic (exact) mass is 165 g/mol. The van der Waals surface area contributed by atoms with Crippen molar-refractivity contribution in [1.82, 2.24) is 9.97 Å². The SMILES string of the molecule is CCc1cc(N)nc(C(C)C)n1. The zero-order chi connectivity index (χ0) is 9.14. The van der Waals surface area contributed by atoms with Gasteiger partial charge in [0.1, 0.15) is 11.6 Å². The molecule has 0 aromatic carbocycles. The lowest BCUT2D eigenvalue weighted by Gasteiger charge is -2.06. The molecule has 0 amide bonds. The molecule has 3 nitrogen and oxygen atoms in total. The molecule has 0 unspecified atom stereocenters. The Bertz CT molecular complexity index is 268. The predicted molar refractivity (Wildman–Crippen MR) is 49.9 cm³/mol. The fourth-order valence-electron chi connectivity index (χ4n) is 0.979. The van der Waals surface area contributed by atoms with Crippen molar-refractivity contribution in [3.05, 3.63) is 17.6 Å². The lowest BCUT2D eigenvalue weighted by atomic mass is 10.2. The predicted octanol–water partition coefficient (Wildman–Crippen LogP) is 1.74. The van der Waals surface area contributed by atoms with Crippen molar-refractivity contribution >= 4 is 5.82 Å². The van der Waals surface area contributed by atoms with Gasteiger partial charge in [0.05, 0.1) is 0 Å². The van der Waals surface area contributed by atoms with Crippen LogP contribution >= 0.6 is 0 Å². The maximum atomic E-state index is 5.62. The third kappa shape index (κ3) is 1.94. The lowest BCUT2D eigenvalue weighted by molar-refractivity contribution is 0.761. The van der Waals surface area contributed by atoms with Crippen LogP contribution in [0, 0.1) is 0 Å². The first-order valence-electron chi connectivity index (χ1n) is 4.26. The summed E-state index contributed by atoms with van der Waals surface area (Å²) in [6.45, 7) is 6.19. The van der Waals surface area contributed by atoms with Gasteiger partial charge in [0.15, 0.2) is 0 Å². The zero-order valence-electron chi connectivity index (χ0n) is 7.83. The Balaban J connectivity index is 3.06. The highest BCUT2D eigenvalue weighted by Gasteiger charge is 2.04. The Kier molecular flexibility index (Phi) is 2.63. The van der Waals surface area contributed by atoms with Crippen LogP contribution in [-0.4, -0.2) is 9.97 Å². The summed E-state index contributed by atoms with van der Waals surface area (Å²) >= 11 is 0. The van der Waals surface area contributed by atoms with Crippen molar-refractivity contribution in [2.75, 3.05) is 5.73 Å². The quantitative estimate of drug-likeness (QED) is 0.726. The topological polar surface area (TPSA) is 51.8 Å². The van der Waals surface area contributed by atoms with E-state index in [2.05, 4.69) is 30.7 Å². The maximum Gasteiger partial charge on any atom is 0.133 e. The van der Waals surface area contributed by atoms with Crippen LogP contribution in [0.5, 0.6) is 0 Å². The van der Waals surface area contributed by atoms with E-state index in [1.54, 1.807) is 0 Å². The van der Waals surface area contributed by atoms with Gasteiger partial charge >= 0.3 is 0 Å².